The highest BCUT2D eigenvalue weighted by Gasteiger charge is 2.47. The summed E-state index contributed by atoms with van der Waals surface area (Å²) in [6.45, 7) is 7.97. The van der Waals surface area contributed by atoms with Crippen molar-refractivity contribution >= 4 is 64.4 Å². The van der Waals surface area contributed by atoms with E-state index in [0.29, 0.717) is 84.4 Å². The summed E-state index contributed by atoms with van der Waals surface area (Å²) in [5, 5.41) is 7.95. The number of rotatable bonds is 14. The van der Waals surface area contributed by atoms with Crippen molar-refractivity contribution in [2.45, 2.75) is 76.5 Å². The maximum absolute atomic E-state index is 16.8. The van der Waals surface area contributed by atoms with Crippen LogP contribution in [0.5, 0.6) is 5.75 Å². The van der Waals surface area contributed by atoms with Crippen molar-refractivity contribution in [2.24, 2.45) is 0 Å². The first kappa shape index (κ1) is 47.1. The lowest BCUT2D eigenvalue weighted by Gasteiger charge is -2.40. The van der Waals surface area contributed by atoms with Crippen molar-refractivity contribution in [3.8, 4) is 5.75 Å². The van der Waals surface area contributed by atoms with Gasteiger partial charge in [0.2, 0.25) is 17.7 Å². The van der Waals surface area contributed by atoms with Gasteiger partial charge < -0.3 is 34.0 Å². The number of alkyl halides is 1. The number of pyridine rings is 1. The number of amides is 4. The van der Waals surface area contributed by atoms with E-state index in [2.05, 4.69) is 15.4 Å². The number of fused-ring (bicyclic) bond motifs is 3. The Hall–Kier alpha value is -5.44. The summed E-state index contributed by atoms with van der Waals surface area (Å²) in [5.74, 6) is -3.50. The van der Waals surface area contributed by atoms with Crippen LogP contribution in [0.1, 0.15) is 77.4 Å². The van der Waals surface area contributed by atoms with Crippen LogP contribution >= 0.6 is 19.1 Å². The van der Waals surface area contributed by atoms with E-state index < -0.39 is 43.4 Å². The second-order valence-electron chi connectivity index (χ2n) is 17.2. The van der Waals surface area contributed by atoms with Crippen molar-refractivity contribution in [1.82, 2.24) is 30.1 Å². The standard InChI is InChI=1S/C49H55ClFN6O8P/c1-4-22-64-30-32(3)54-66(62,65-40-8-6-5-7-9-40)45(51)35-14-12-33-13-15-36(27-37(33)26-35)46(58)53-42-29-56(47(59)38-25-34-11-10-31(2)52-44(34)41(50)28-38)19-18-39-16-17-43(57(39)48(42)60)49(61)55-20-23-63-24-21-55/h5-15,25-28,32,39,42-43,45H,4,16-24,29-30H2,1-3H3,(H,53,58)(H,54,62)/t32-,39+,42-,43-,45?,66?/m0/s1. The van der Waals surface area contributed by atoms with E-state index in [9.17, 15) is 23.7 Å². The zero-order chi connectivity index (χ0) is 46.5. The number of carbonyl (C=O) groups is 4. The Labute approximate surface area is 388 Å². The van der Waals surface area contributed by atoms with Gasteiger partial charge in [-0.05, 0) is 104 Å². The number of halogens is 2. The zero-order valence-corrected chi connectivity index (χ0v) is 38.9. The van der Waals surface area contributed by atoms with Crippen molar-refractivity contribution < 1.29 is 42.1 Å². The van der Waals surface area contributed by atoms with E-state index in [0.717, 1.165) is 12.1 Å². The molecular formula is C49H55ClFN6O8P. The molecule has 348 valence electrons. The average Bonchev–Trinajstić information content (AvgIpc) is 3.74. The molecule has 3 fully saturated rings. The molecule has 0 saturated carbocycles. The minimum Gasteiger partial charge on any atom is -0.431 e. The second kappa shape index (κ2) is 20.6. The van der Waals surface area contributed by atoms with Crippen molar-refractivity contribution in [3.05, 3.63) is 118 Å². The number of hydrogen-bond acceptors (Lipinski definition) is 9. The summed E-state index contributed by atoms with van der Waals surface area (Å²) >= 11 is 6.67. The topological polar surface area (TPSA) is 160 Å². The molecule has 0 spiro atoms. The number of nitrogens with one attached hydrogen (secondary N) is 2. The van der Waals surface area contributed by atoms with Gasteiger partial charge in [-0.3, -0.25) is 28.7 Å². The monoisotopic (exact) mass is 940 g/mol. The van der Waals surface area contributed by atoms with Crippen LogP contribution in [0.15, 0.2) is 91.0 Å². The minimum absolute atomic E-state index is 0.0635. The SMILES string of the molecule is CCCOC[C@H](C)NP(=O)(Oc1ccccc1)C(F)c1ccc2ccc(C(=O)N[C@H]3CN(C(=O)c4cc(Cl)c5nc(C)ccc5c4)CC[C@H]4CC[C@@H](C(=O)N5CCOCC5)N4C3=O)cc2c1. The van der Waals surface area contributed by atoms with Gasteiger partial charge in [0.1, 0.15) is 17.8 Å². The normalized spacial score (nSPS) is 20.8. The second-order valence-corrected chi connectivity index (χ2v) is 19.7. The number of carbonyl (C=O) groups excluding carboxylic acids is 4. The number of aryl methyl sites for hydroxylation is 1. The molecule has 1 aromatic heterocycles. The fourth-order valence-corrected chi connectivity index (χ4v) is 11.2. The van der Waals surface area contributed by atoms with Gasteiger partial charge in [0.05, 0.1) is 36.9 Å². The van der Waals surface area contributed by atoms with Crippen LogP contribution in [0.2, 0.25) is 5.02 Å². The van der Waals surface area contributed by atoms with Crippen LogP contribution in [-0.4, -0.2) is 120 Å². The molecule has 17 heteroatoms. The van der Waals surface area contributed by atoms with Crippen LogP contribution in [0.4, 0.5) is 4.39 Å². The summed E-state index contributed by atoms with van der Waals surface area (Å²) in [4.78, 5) is 67.1. The Kier molecular flexibility index (Phi) is 14.7. The summed E-state index contributed by atoms with van der Waals surface area (Å²) in [6, 6.07) is 22.1. The molecule has 0 aliphatic carbocycles. The van der Waals surface area contributed by atoms with Gasteiger partial charge in [-0.2, -0.15) is 0 Å². The van der Waals surface area contributed by atoms with Gasteiger partial charge in [-0.25, -0.2) is 9.48 Å². The molecule has 4 aromatic carbocycles. The van der Waals surface area contributed by atoms with Crippen molar-refractivity contribution in [1.29, 1.82) is 0 Å². The first-order valence-electron chi connectivity index (χ1n) is 22.6. The molecule has 0 bridgehead atoms. The highest BCUT2D eigenvalue weighted by Crippen LogP contribution is 2.58. The third-order valence-electron chi connectivity index (χ3n) is 12.3. The predicted molar refractivity (Wildman–Crippen MR) is 251 cm³/mol. The summed E-state index contributed by atoms with van der Waals surface area (Å²) in [5.41, 5.74) is 1.88. The Morgan fingerprint density at radius 2 is 1.65 bits per heavy atom. The maximum Gasteiger partial charge on any atom is 0.355 e. The van der Waals surface area contributed by atoms with Crippen LogP contribution in [0.3, 0.4) is 0 Å². The molecule has 6 atom stereocenters. The lowest BCUT2D eigenvalue weighted by atomic mass is 10.0. The number of ether oxygens (including phenoxy) is 2. The number of benzene rings is 4. The number of nitrogens with zero attached hydrogens (tertiary/aromatic N) is 4. The molecule has 3 saturated heterocycles. The summed E-state index contributed by atoms with van der Waals surface area (Å²) < 4.78 is 48.3. The molecule has 3 aliphatic rings. The van der Waals surface area contributed by atoms with Gasteiger partial charge in [0.15, 0.2) is 0 Å². The van der Waals surface area contributed by atoms with E-state index in [1.54, 1.807) is 88.4 Å². The Balaban J connectivity index is 1.08. The lowest BCUT2D eigenvalue weighted by molar-refractivity contribution is -0.149. The van der Waals surface area contributed by atoms with Crippen LogP contribution in [0.25, 0.3) is 21.7 Å². The van der Waals surface area contributed by atoms with E-state index in [4.69, 9.17) is 25.6 Å². The molecule has 4 heterocycles. The third-order valence-corrected chi connectivity index (χ3v) is 14.8. The number of aromatic nitrogens is 1. The summed E-state index contributed by atoms with van der Waals surface area (Å²) in [7, 11) is -4.29. The zero-order valence-electron chi connectivity index (χ0n) is 37.3. The smallest absolute Gasteiger partial charge is 0.355 e. The van der Waals surface area contributed by atoms with Gasteiger partial charge >= 0.3 is 7.52 Å². The molecule has 0 radical (unpaired) electrons. The third kappa shape index (κ3) is 10.4. The first-order chi connectivity index (χ1) is 31.8. The molecule has 4 amide bonds. The van der Waals surface area contributed by atoms with Gasteiger partial charge in [-0.1, -0.05) is 61.0 Å². The molecule has 5 aromatic rings. The fourth-order valence-electron chi connectivity index (χ4n) is 9.02. The highest BCUT2D eigenvalue weighted by atomic mass is 35.5. The average molecular weight is 941 g/mol. The van der Waals surface area contributed by atoms with E-state index in [1.165, 1.54) is 12.1 Å². The highest BCUT2D eigenvalue weighted by molar-refractivity contribution is 7.57. The fraction of sp³-hybridized carbons (Fsp3) is 0.408. The Morgan fingerprint density at radius 3 is 2.42 bits per heavy atom. The van der Waals surface area contributed by atoms with E-state index in [1.807, 2.05) is 26.0 Å². The molecule has 3 aliphatic heterocycles. The quantitative estimate of drug-likeness (QED) is 0.0830. The Morgan fingerprint density at radius 1 is 0.909 bits per heavy atom. The molecule has 8 rings (SSSR count). The summed E-state index contributed by atoms with van der Waals surface area (Å²) in [6.07, 6.45) is 2.22. The number of hydrogen-bond donors (Lipinski definition) is 2. The number of para-hydroxylation sites is 1. The van der Waals surface area contributed by atoms with Crippen LogP contribution < -0.4 is 14.9 Å². The van der Waals surface area contributed by atoms with Gasteiger partial charge in [0.25, 0.3) is 11.8 Å². The number of morpholine rings is 1. The minimum atomic E-state index is -4.29. The van der Waals surface area contributed by atoms with Crippen molar-refractivity contribution in [3.63, 3.8) is 0 Å². The van der Waals surface area contributed by atoms with E-state index >= 15 is 4.39 Å². The predicted octanol–water partition coefficient (Wildman–Crippen LogP) is 7.86. The largest absolute Gasteiger partial charge is 0.431 e. The maximum atomic E-state index is 16.8. The van der Waals surface area contributed by atoms with Crippen molar-refractivity contribution in [2.75, 3.05) is 52.6 Å². The lowest BCUT2D eigenvalue weighted by Crippen LogP contribution is -2.61. The van der Waals surface area contributed by atoms with Gasteiger partial charge in [-0.15, -0.1) is 0 Å². The van der Waals surface area contributed by atoms with Crippen LogP contribution in [-0.2, 0) is 23.6 Å². The first-order valence-corrected chi connectivity index (χ1v) is 24.6. The Bertz CT molecular complexity index is 2650. The van der Waals surface area contributed by atoms with Crippen LogP contribution in [0, 0.1) is 6.92 Å². The molecular weight excluding hydrogens is 886 g/mol. The molecule has 66 heavy (non-hydrogen) atoms. The van der Waals surface area contributed by atoms with E-state index in [-0.39, 0.29) is 54.4 Å². The molecule has 14 nitrogen and oxygen atoms in total. The molecule has 2 unspecified atom stereocenters. The van der Waals surface area contributed by atoms with Gasteiger partial charge in [0, 0.05) is 60.5 Å². The molecule has 2 N–H and O–H groups in total.